The molecule has 0 amide bonds. The molecule has 1 fully saturated rings. The summed E-state index contributed by atoms with van der Waals surface area (Å²) in [5, 5.41) is 0. The molecular formula is C12H18N2. The zero-order valence-corrected chi connectivity index (χ0v) is 9.25. The highest BCUT2D eigenvalue weighted by Crippen LogP contribution is 2.25. The third-order valence-corrected chi connectivity index (χ3v) is 2.96. The SMILES string of the molecule is Cc1ccc(N2CCC(C)C2)c(C)n1. The highest BCUT2D eigenvalue weighted by molar-refractivity contribution is 5.51. The molecule has 1 unspecified atom stereocenters. The summed E-state index contributed by atoms with van der Waals surface area (Å²) >= 11 is 0. The molecule has 1 saturated heterocycles. The lowest BCUT2D eigenvalue weighted by Crippen LogP contribution is -2.20. The van der Waals surface area contributed by atoms with Crippen LogP contribution in [0.4, 0.5) is 5.69 Å². The van der Waals surface area contributed by atoms with Crippen LogP contribution >= 0.6 is 0 Å². The van der Waals surface area contributed by atoms with Crippen molar-refractivity contribution in [1.29, 1.82) is 0 Å². The maximum atomic E-state index is 4.50. The lowest BCUT2D eigenvalue weighted by atomic mass is 10.2. The minimum atomic E-state index is 0.829. The van der Waals surface area contributed by atoms with Crippen LogP contribution in [0.3, 0.4) is 0 Å². The Labute approximate surface area is 86.0 Å². The largest absolute Gasteiger partial charge is 0.370 e. The van der Waals surface area contributed by atoms with Gasteiger partial charge in [0.15, 0.2) is 0 Å². The van der Waals surface area contributed by atoms with Crippen molar-refractivity contribution in [2.45, 2.75) is 27.2 Å². The first kappa shape index (κ1) is 9.50. The quantitative estimate of drug-likeness (QED) is 0.676. The van der Waals surface area contributed by atoms with Crippen molar-refractivity contribution < 1.29 is 0 Å². The van der Waals surface area contributed by atoms with Crippen LogP contribution in [0.25, 0.3) is 0 Å². The molecular weight excluding hydrogens is 172 g/mol. The van der Waals surface area contributed by atoms with Crippen molar-refractivity contribution >= 4 is 5.69 Å². The maximum Gasteiger partial charge on any atom is 0.0608 e. The van der Waals surface area contributed by atoms with Gasteiger partial charge in [-0.1, -0.05) is 6.92 Å². The van der Waals surface area contributed by atoms with Gasteiger partial charge in [-0.2, -0.15) is 0 Å². The number of pyridine rings is 1. The van der Waals surface area contributed by atoms with Gasteiger partial charge in [-0.3, -0.25) is 4.98 Å². The Kier molecular flexibility index (Phi) is 2.44. The molecule has 1 atom stereocenters. The fraction of sp³-hybridized carbons (Fsp3) is 0.583. The molecule has 0 aromatic carbocycles. The Morgan fingerprint density at radius 2 is 2.14 bits per heavy atom. The summed E-state index contributed by atoms with van der Waals surface area (Å²) in [6.07, 6.45) is 1.31. The summed E-state index contributed by atoms with van der Waals surface area (Å²) in [4.78, 5) is 6.95. The Hall–Kier alpha value is -1.05. The molecule has 1 aromatic heterocycles. The number of aryl methyl sites for hydroxylation is 2. The van der Waals surface area contributed by atoms with E-state index < -0.39 is 0 Å². The van der Waals surface area contributed by atoms with Crippen LogP contribution in [0.5, 0.6) is 0 Å². The van der Waals surface area contributed by atoms with Gasteiger partial charge in [-0.25, -0.2) is 0 Å². The van der Waals surface area contributed by atoms with Crippen molar-refractivity contribution in [2.75, 3.05) is 18.0 Å². The molecule has 0 radical (unpaired) electrons. The van der Waals surface area contributed by atoms with E-state index in [1.165, 1.54) is 30.9 Å². The van der Waals surface area contributed by atoms with Gasteiger partial charge >= 0.3 is 0 Å². The van der Waals surface area contributed by atoms with E-state index in [4.69, 9.17) is 0 Å². The van der Waals surface area contributed by atoms with Gasteiger partial charge in [0.25, 0.3) is 0 Å². The maximum absolute atomic E-state index is 4.50. The smallest absolute Gasteiger partial charge is 0.0608 e. The number of hydrogen-bond acceptors (Lipinski definition) is 2. The van der Waals surface area contributed by atoms with Gasteiger partial charge < -0.3 is 4.90 Å². The lowest BCUT2D eigenvalue weighted by Gasteiger charge is -2.20. The van der Waals surface area contributed by atoms with Crippen molar-refractivity contribution in [1.82, 2.24) is 4.98 Å². The molecule has 2 rings (SSSR count). The standard InChI is InChI=1S/C12H18N2/c1-9-6-7-14(8-9)12-5-4-10(2)13-11(12)3/h4-5,9H,6-8H2,1-3H3. The van der Waals surface area contributed by atoms with Crippen LogP contribution in [0.1, 0.15) is 24.7 Å². The van der Waals surface area contributed by atoms with Crippen LogP contribution in [0, 0.1) is 19.8 Å². The van der Waals surface area contributed by atoms with E-state index in [0.29, 0.717) is 0 Å². The fourth-order valence-corrected chi connectivity index (χ4v) is 2.17. The number of rotatable bonds is 1. The normalized spacial score (nSPS) is 21.6. The number of anilines is 1. The second-order valence-corrected chi connectivity index (χ2v) is 4.40. The minimum absolute atomic E-state index is 0.829. The van der Waals surface area contributed by atoms with Crippen LogP contribution in [-0.2, 0) is 0 Å². The molecule has 0 spiro atoms. The fourth-order valence-electron chi connectivity index (χ4n) is 2.17. The molecule has 0 N–H and O–H groups in total. The third-order valence-electron chi connectivity index (χ3n) is 2.96. The van der Waals surface area contributed by atoms with Crippen molar-refractivity contribution in [3.63, 3.8) is 0 Å². The second kappa shape index (κ2) is 3.60. The van der Waals surface area contributed by atoms with E-state index in [0.717, 1.165) is 11.6 Å². The summed E-state index contributed by atoms with van der Waals surface area (Å²) in [5.41, 5.74) is 3.59. The zero-order valence-electron chi connectivity index (χ0n) is 9.25. The van der Waals surface area contributed by atoms with Crippen LogP contribution < -0.4 is 4.90 Å². The Morgan fingerprint density at radius 3 is 2.71 bits per heavy atom. The van der Waals surface area contributed by atoms with Gasteiger partial charge in [0.2, 0.25) is 0 Å². The Morgan fingerprint density at radius 1 is 1.36 bits per heavy atom. The van der Waals surface area contributed by atoms with Gasteiger partial charge in [-0.05, 0) is 38.3 Å². The Bertz CT molecular complexity index is 333. The topological polar surface area (TPSA) is 16.1 Å². The molecule has 1 aromatic rings. The number of nitrogens with zero attached hydrogens (tertiary/aromatic N) is 2. The summed E-state index contributed by atoms with van der Waals surface area (Å²) in [7, 11) is 0. The molecule has 1 aliphatic heterocycles. The molecule has 14 heavy (non-hydrogen) atoms. The average Bonchev–Trinajstić information content (AvgIpc) is 2.51. The predicted octanol–water partition coefficient (Wildman–Crippen LogP) is 2.54. The lowest BCUT2D eigenvalue weighted by molar-refractivity contribution is 0.659. The minimum Gasteiger partial charge on any atom is -0.370 e. The molecule has 0 aliphatic carbocycles. The molecule has 0 bridgehead atoms. The van der Waals surface area contributed by atoms with E-state index in [-0.39, 0.29) is 0 Å². The second-order valence-electron chi connectivity index (χ2n) is 4.40. The third kappa shape index (κ3) is 1.74. The predicted molar refractivity (Wildman–Crippen MR) is 59.7 cm³/mol. The molecule has 1 aliphatic rings. The first-order valence-corrected chi connectivity index (χ1v) is 5.36. The molecule has 2 nitrogen and oxygen atoms in total. The van der Waals surface area contributed by atoms with E-state index in [9.17, 15) is 0 Å². The van der Waals surface area contributed by atoms with E-state index in [2.05, 4.69) is 35.9 Å². The summed E-state index contributed by atoms with van der Waals surface area (Å²) < 4.78 is 0. The van der Waals surface area contributed by atoms with Gasteiger partial charge in [-0.15, -0.1) is 0 Å². The Balaban J connectivity index is 2.24. The van der Waals surface area contributed by atoms with Crippen molar-refractivity contribution in [3.8, 4) is 0 Å². The van der Waals surface area contributed by atoms with Gasteiger partial charge in [0, 0.05) is 18.8 Å². The molecule has 76 valence electrons. The molecule has 2 heteroatoms. The number of aromatic nitrogens is 1. The first-order chi connectivity index (χ1) is 6.66. The number of hydrogen-bond donors (Lipinski definition) is 0. The van der Waals surface area contributed by atoms with Gasteiger partial charge in [0.1, 0.15) is 0 Å². The monoisotopic (exact) mass is 190 g/mol. The van der Waals surface area contributed by atoms with Crippen LogP contribution in [0.2, 0.25) is 0 Å². The summed E-state index contributed by atoms with van der Waals surface area (Å²) in [6, 6.07) is 4.31. The van der Waals surface area contributed by atoms with Crippen LogP contribution in [0.15, 0.2) is 12.1 Å². The zero-order chi connectivity index (χ0) is 10.1. The summed E-state index contributed by atoms with van der Waals surface area (Å²) in [6.45, 7) is 8.84. The van der Waals surface area contributed by atoms with Gasteiger partial charge in [0.05, 0.1) is 11.4 Å². The van der Waals surface area contributed by atoms with E-state index in [1.54, 1.807) is 0 Å². The average molecular weight is 190 g/mol. The van der Waals surface area contributed by atoms with Crippen LogP contribution in [-0.4, -0.2) is 18.1 Å². The van der Waals surface area contributed by atoms with E-state index in [1.807, 2.05) is 6.92 Å². The van der Waals surface area contributed by atoms with Crippen molar-refractivity contribution in [2.24, 2.45) is 5.92 Å². The first-order valence-electron chi connectivity index (χ1n) is 5.36. The molecule has 2 heterocycles. The highest BCUT2D eigenvalue weighted by atomic mass is 15.2. The molecule has 0 saturated carbocycles. The van der Waals surface area contributed by atoms with Crippen molar-refractivity contribution in [3.05, 3.63) is 23.5 Å². The van der Waals surface area contributed by atoms with E-state index >= 15 is 0 Å². The summed E-state index contributed by atoms with van der Waals surface area (Å²) in [5.74, 6) is 0.829. The highest BCUT2D eigenvalue weighted by Gasteiger charge is 2.20.